The van der Waals surface area contributed by atoms with Gasteiger partial charge in [0, 0.05) is 11.0 Å². The van der Waals surface area contributed by atoms with Gasteiger partial charge in [-0.3, -0.25) is 4.79 Å². The highest BCUT2D eigenvalue weighted by molar-refractivity contribution is 7.98. The van der Waals surface area contributed by atoms with Crippen molar-refractivity contribution in [3.63, 3.8) is 0 Å². The van der Waals surface area contributed by atoms with E-state index in [0.29, 0.717) is 33.3 Å². The van der Waals surface area contributed by atoms with E-state index < -0.39 is 0 Å². The van der Waals surface area contributed by atoms with Crippen LogP contribution < -0.4 is 15.0 Å². The highest BCUT2D eigenvalue weighted by atomic mass is 35.5. The van der Waals surface area contributed by atoms with Crippen LogP contribution in [0.5, 0.6) is 11.5 Å². The van der Waals surface area contributed by atoms with Crippen molar-refractivity contribution in [3.8, 4) is 11.5 Å². The summed E-state index contributed by atoms with van der Waals surface area (Å²) in [5, 5.41) is 0.746. The van der Waals surface area contributed by atoms with E-state index in [1.807, 2.05) is 30.5 Å². The lowest BCUT2D eigenvalue weighted by Crippen LogP contribution is -2.11. The van der Waals surface area contributed by atoms with Gasteiger partial charge < -0.3 is 14.5 Å². The molecule has 0 saturated carbocycles. The lowest BCUT2D eigenvalue weighted by Gasteiger charge is -2.09. The SMILES string of the molecule is COc1cc2nc(C(Cl)=Cc3ccc(SC)cc3)[nH]c(=O)c2cc1OC. The minimum atomic E-state index is -0.296. The third-order valence-corrected chi connectivity index (χ3v) is 4.88. The van der Waals surface area contributed by atoms with Crippen LogP contribution in [-0.2, 0) is 0 Å². The monoisotopic (exact) mass is 388 g/mol. The molecule has 0 unspecified atom stereocenters. The summed E-state index contributed by atoms with van der Waals surface area (Å²) < 4.78 is 10.5. The first-order valence-electron chi connectivity index (χ1n) is 7.73. The van der Waals surface area contributed by atoms with Crippen molar-refractivity contribution in [2.75, 3.05) is 20.5 Å². The summed E-state index contributed by atoms with van der Waals surface area (Å²) in [7, 11) is 3.05. The average molecular weight is 389 g/mol. The van der Waals surface area contributed by atoms with Crippen LogP contribution in [0.4, 0.5) is 0 Å². The molecule has 0 aliphatic heterocycles. The number of hydrogen-bond acceptors (Lipinski definition) is 5. The zero-order chi connectivity index (χ0) is 18.7. The van der Waals surface area contributed by atoms with Crippen molar-refractivity contribution < 1.29 is 9.47 Å². The summed E-state index contributed by atoms with van der Waals surface area (Å²) in [6.45, 7) is 0. The molecule has 134 valence electrons. The number of halogens is 1. The molecule has 7 heteroatoms. The summed E-state index contributed by atoms with van der Waals surface area (Å²) in [5.41, 5.74) is 1.10. The molecule has 0 saturated heterocycles. The molecule has 0 atom stereocenters. The van der Waals surface area contributed by atoms with Crippen LogP contribution in [-0.4, -0.2) is 30.4 Å². The van der Waals surface area contributed by atoms with Gasteiger partial charge in [0.25, 0.3) is 5.56 Å². The predicted octanol–water partition coefficient (Wildman–Crippen LogP) is 4.40. The summed E-state index contributed by atoms with van der Waals surface area (Å²) in [4.78, 5) is 20.8. The van der Waals surface area contributed by atoms with Crippen molar-refractivity contribution in [1.82, 2.24) is 9.97 Å². The standard InChI is InChI=1S/C19H17ClN2O3S/c1-24-16-9-13-15(10-17(16)25-2)21-18(22-19(13)23)14(20)8-11-4-6-12(26-3)7-5-11/h4-10H,1-3H3,(H,21,22,23). The van der Waals surface area contributed by atoms with Gasteiger partial charge in [-0.2, -0.15) is 0 Å². The zero-order valence-electron chi connectivity index (χ0n) is 14.5. The van der Waals surface area contributed by atoms with Gasteiger partial charge >= 0.3 is 0 Å². The third kappa shape index (κ3) is 3.71. The number of nitrogens with one attached hydrogen (secondary N) is 1. The number of fused-ring (bicyclic) bond motifs is 1. The molecular weight excluding hydrogens is 372 g/mol. The number of ether oxygens (including phenoxy) is 2. The van der Waals surface area contributed by atoms with Gasteiger partial charge in [0.15, 0.2) is 17.3 Å². The Bertz CT molecular complexity index is 1030. The molecule has 0 spiro atoms. The van der Waals surface area contributed by atoms with E-state index in [9.17, 15) is 4.79 Å². The Kier molecular flexibility index (Phi) is 5.54. The summed E-state index contributed by atoms with van der Waals surface area (Å²) in [6, 6.07) is 11.2. The maximum absolute atomic E-state index is 12.4. The number of methoxy groups -OCH3 is 2. The third-order valence-electron chi connectivity index (χ3n) is 3.85. The Morgan fingerprint density at radius 3 is 2.42 bits per heavy atom. The van der Waals surface area contributed by atoms with Gasteiger partial charge in [-0.05, 0) is 36.1 Å². The second-order valence-electron chi connectivity index (χ2n) is 5.40. The number of H-pyrrole nitrogens is 1. The van der Waals surface area contributed by atoms with E-state index in [1.165, 1.54) is 14.2 Å². The molecule has 0 aliphatic carbocycles. The summed E-state index contributed by atoms with van der Waals surface area (Å²) in [6.07, 6.45) is 3.78. The molecule has 0 fully saturated rings. The van der Waals surface area contributed by atoms with Gasteiger partial charge in [-0.25, -0.2) is 4.98 Å². The van der Waals surface area contributed by atoms with Crippen molar-refractivity contribution in [2.24, 2.45) is 0 Å². The Hall–Kier alpha value is -2.44. The normalized spacial score (nSPS) is 11.6. The van der Waals surface area contributed by atoms with Crippen molar-refractivity contribution in [2.45, 2.75) is 4.90 Å². The smallest absolute Gasteiger partial charge is 0.259 e. The van der Waals surface area contributed by atoms with Crippen LogP contribution in [0.3, 0.4) is 0 Å². The number of thioether (sulfide) groups is 1. The highest BCUT2D eigenvalue weighted by Gasteiger charge is 2.12. The molecule has 0 radical (unpaired) electrons. The maximum atomic E-state index is 12.4. The van der Waals surface area contributed by atoms with Crippen LogP contribution in [0.25, 0.3) is 22.0 Å². The second-order valence-corrected chi connectivity index (χ2v) is 6.69. The van der Waals surface area contributed by atoms with E-state index in [2.05, 4.69) is 9.97 Å². The highest BCUT2D eigenvalue weighted by Crippen LogP contribution is 2.30. The van der Waals surface area contributed by atoms with Gasteiger partial charge in [0.1, 0.15) is 0 Å². The largest absolute Gasteiger partial charge is 0.493 e. The molecule has 3 rings (SSSR count). The molecule has 0 aliphatic rings. The molecule has 0 amide bonds. The number of aromatic nitrogens is 2. The first-order valence-corrected chi connectivity index (χ1v) is 9.33. The number of rotatable bonds is 5. The molecule has 1 heterocycles. The Balaban J connectivity index is 2.06. The summed E-state index contributed by atoms with van der Waals surface area (Å²) >= 11 is 8.05. The van der Waals surface area contributed by atoms with E-state index in [1.54, 1.807) is 30.0 Å². The van der Waals surface area contributed by atoms with E-state index in [0.717, 1.165) is 10.5 Å². The molecule has 26 heavy (non-hydrogen) atoms. The molecule has 5 nitrogen and oxygen atoms in total. The number of hydrogen-bond donors (Lipinski definition) is 1. The molecule has 2 aromatic carbocycles. The molecule has 1 aromatic heterocycles. The van der Waals surface area contributed by atoms with Crippen molar-refractivity contribution >= 4 is 45.4 Å². The zero-order valence-corrected chi connectivity index (χ0v) is 16.1. The fraction of sp³-hybridized carbons (Fsp3) is 0.158. The van der Waals surface area contributed by atoms with Crippen LogP contribution in [0.2, 0.25) is 0 Å². The second kappa shape index (κ2) is 7.85. The minimum Gasteiger partial charge on any atom is -0.493 e. The molecule has 0 bridgehead atoms. The fourth-order valence-corrected chi connectivity index (χ4v) is 3.12. The number of benzene rings is 2. The fourth-order valence-electron chi connectivity index (χ4n) is 2.49. The predicted molar refractivity (Wildman–Crippen MR) is 107 cm³/mol. The van der Waals surface area contributed by atoms with Gasteiger partial charge in [0.05, 0.1) is 30.2 Å². The van der Waals surface area contributed by atoms with Gasteiger partial charge in [-0.1, -0.05) is 23.7 Å². The van der Waals surface area contributed by atoms with Crippen LogP contribution >= 0.6 is 23.4 Å². The first kappa shape index (κ1) is 18.4. The lowest BCUT2D eigenvalue weighted by molar-refractivity contribution is 0.355. The van der Waals surface area contributed by atoms with Crippen molar-refractivity contribution in [1.29, 1.82) is 0 Å². The minimum absolute atomic E-state index is 0.296. The van der Waals surface area contributed by atoms with E-state index >= 15 is 0 Å². The Labute approximate surface area is 160 Å². The molecule has 3 aromatic rings. The van der Waals surface area contributed by atoms with Crippen LogP contribution in [0, 0.1) is 0 Å². The first-order chi connectivity index (χ1) is 12.5. The Morgan fingerprint density at radius 2 is 1.81 bits per heavy atom. The quantitative estimate of drug-likeness (QED) is 0.656. The van der Waals surface area contributed by atoms with E-state index in [4.69, 9.17) is 21.1 Å². The topological polar surface area (TPSA) is 64.2 Å². The lowest BCUT2D eigenvalue weighted by atomic mass is 10.2. The van der Waals surface area contributed by atoms with Crippen LogP contribution in [0.1, 0.15) is 11.4 Å². The van der Waals surface area contributed by atoms with Crippen LogP contribution in [0.15, 0.2) is 46.1 Å². The molecule has 1 N–H and O–H groups in total. The number of nitrogens with zero attached hydrogens (tertiary/aromatic N) is 1. The Morgan fingerprint density at radius 1 is 1.15 bits per heavy atom. The summed E-state index contributed by atoms with van der Waals surface area (Å²) in [5.74, 6) is 1.26. The van der Waals surface area contributed by atoms with Gasteiger partial charge in [-0.15, -0.1) is 11.8 Å². The van der Waals surface area contributed by atoms with Gasteiger partial charge in [0.2, 0.25) is 0 Å². The maximum Gasteiger partial charge on any atom is 0.259 e. The average Bonchev–Trinajstić information content (AvgIpc) is 2.67. The number of aromatic amines is 1. The molecular formula is C19H17ClN2O3S. The van der Waals surface area contributed by atoms with Crippen molar-refractivity contribution in [3.05, 3.63) is 58.1 Å². The van der Waals surface area contributed by atoms with E-state index in [-0.39, 0.29) is 5.56 Å².